The first-order chi connectivity index (χ1) is 9.00. The van der Waals surface area contributed by atoms with Gasteiger partial charge in [-0.1, -0.05) is 0 Å². The fraction of sp³-hybridized carbons (Fsp3) is 0.917. The van der Waals surface area contributed by atoms with E-state index < -0.39 is 36.4 Å². The summed E-state index contributed by atoms with van der Waals surface area (Å²) in [6.45, 7) is 5.34. The molecule has 1 aliphatic rings. The molecule has 2 atom stereocenters. The lowest BCUT2D eigenvalue weighted by Crippen LogP contribution is -2.52. The van der Waals surface area contributed by atoms with Crippen LogP contribution in [0.25, 0.3) is 0 Å². The number of aliphatic hydroxyl groups excluding tert-OH is 1. The van der Waals surface area contributed by atoms with Crippen LogP contribution in [0.1, 0.15) is 27.2 Å². The Bertz CT molecular complexity index is 341. The van der Waals surface area contributed by atoms with E-state index in [1.54, 1.807) is 20.8 Å². The third-order valence-electron chi connectivity index (χ3n) is 2.73. The molecule has 1 N–H and O–H groups in total. The maximum Gasteiger partial charge on any atom is 0.414 e. The second-order valence-corrected chi connectivity index (χ2v) is 5.70. The van der Waals surface area contributed by atoms with Crippen LogP contribution in [-0.4, -0.2) is 59.8 Å². The molecule has 0 spiro atoms. The Labute approximate surface area is 115 Å². The van der Waals surface area contributed by atoms with Crippen molar-refractivity contribution >= 4 is 6.09 Å². The summed E-state index contributed by atoms with van der Waals surface area (Å²) in [5, 5.41) is 9.11. The largest absolute Gasteiger partial charge is 0.444 e. The zero-order valence-corrected chi connectivity index (χ0v) is 11.7. The fourth-order valence-corrected chi connectivity index (χ4v) is 1.80. The molecule has 0 radical (unpaired) electrons. The normalized spacial score (nSPS) is 22.6. The van der Waals surface area contributed by atoms with E-state index in [0.29, 0.717) is 0 Å². The zero-order chi connectivity index (χ0) is 15.6. The lowest BCUT2D eigenvalue weighted by Gasteiger charge is -2.37. The first kappa shape index (κ1) is 17.0. The number of amides is 1. The highest BCUT2D eigenvalue weighted by molar-refractivity contribution is 5.68. The van der Waals surface area contributed by atoms with E-state index in [1.165, 1.54) is 4.90 Å². The molecule has 1 rings (SSSR count). The first-order valence-electron chi connectivity index (χ1n) is 6.33. The number of aliphatic hydroxyl groups is 1. The summed E-state index contributed by atoms with van der Waals surface area (Å²) < 4.78 is 47.4. The van der Waals surface area contributed by atoms with Crippen LogP contribution >= 0.6 is 0 Å². The van der Waals surface area contributed by atoms with Crippen LogP contribution in [0.3, 0.4) is 0 Å². The molecule has 1 aliphatic heterocycles. The minimum atomic E-state index is -4.71. The molecule has 0 aromatic carbocycles. The summed E-state index contributed by atoms with van der Waals surface area (Å²) in [6.07, 6.45) is -8.51. The van der Waals surface area contributed by atoms with Crippen molar-refractivity contribution in [3.63, 3.8) is 0 Å². The molecule has 118 valence electrons. The van der Waals surface area contributed by atoms with Crippen molar-refractivity contribution in [1.29, 1.82) is 0 Å². The zero-order valence-electron chi connectivity index (χ0n) is 11.7. The van der Waals surface area contributed by atoms with Crippen molar-refractivity contribution in [2.45, 2.75) is 51.1 Å². The van der Waals surface area contributed by atoms with Gasteiger partial charge in [0.25, 0.3) is 0 Å². The number of rotatable bonds is 2. The van der Waals surface area contributed by atoms with Gasteiger partial charge in [-0.3, -0.25) is 0 Å². The van der Waals surface area contributed by atoms with Crippen LogP contribution in [-0.2, 0) is 9.47 Å². The third kappa shape index (κ3) is 5.16. The average molecular weight is 299 g/mol. The van der Waals surface area contributed by atoms with Crippen molar-refractivity contribution in [3.05, 3.63) is 0 Å². The maximum absolute atomic E-state index is 12.4. The Morgan fingerprint density at radius 1 is 1.45 bits per heavy atom. The molecule has 2 unspecified atom stereocenters. The van der Waals surface area contributed by atoms with E-state index in [-0.39, 0.29) is 19.8 Å². The van der Waals surface area contributed by atoms with Crippen molar-refractivity contribution in [1.82, 2.24) is 4.90 Å². The van der Waals surface area contributed by atoms with Gasteiger partial charge in [-0.2, -0.15) is 13.2 Å². The number of ether oxygens (including phenoxy) is 2. The standard InChI is InChI=1S/C12H20F3NO4/c1-11(2,3)20-10(18)16-4-5-19-7-8(16)6-9(17)12(13,14)15/h8-9,17H,4-7H2,1-3H3. The van der Waals surface area contributed by atoms with E-state index in [4.69, 9.17) is 14.6 Å². The van der Waals surface area contributed by atoms with E-state index >= 15 is 0 Å². The van der Waals surface area contributed by atoms with E-state index in [0.717, 1.165) is 0 Å². The quantitative estimate of drug-likeness (QED) is 0.846. The molecule has 1 amide bonds. The van der Waals surface area contributed by atoms with Crippen molar-refractivity contribution in [3.8, 4) is 0 Å². The second kappa shape index (κ2) is 6.17. The molecule has 0 bridgehead atoms. The number of hydrogen-bond donors (Lipinski definition) is 1. The van der Waals surface area contributed by atoms with Gasteiger partial charge in [0.05, 0.1) is 19.3 Å². The molecular formula is C12H20F3NO4. The Morgan fingerprint density at radius 2 is 2.05 bits per heavy atom. The predicted molar refractivity (Wildman–Crippen MR) is 64.2 cm³/mol. The van der Waals surface area contributed by atoms with Crippen LogP contribution in [0.4, 0.5) is 18.0 Å². The van der Waals surface area contributed by atoms with Gasteiger partial charge in [0, 0.05) is 13.0 Å². The van der Waals surface area contributed by atoms with Gasteiger partial charge >= 0.3 is 12.3 Å². The number of nitrogens with zero attached hydrogens (tertiary/aromatic N) is 1. The first-order valence-corrected chi connectivity index (χ1v) is 6.33. The SMILES string of the molecule is CC(C)(C)OC(=O)N1CCOCC1CC(O)C(F)(F)F. The lowest BCUT2D eigenvalue weighted by molar-refractivity contribution is -0.211. The van der Waals surface area contributed by atoms with E-state index in [2.05, 4.69) is 0 Å². The summed E-state index contributed by atoms with van der Waals surface area (Å²) in [5.41, 5.74) is -0.734. The maximum atomic E-state index is 12.4. The predicted octanol–water partition coefficient (Wildman–Crippen LogP) is 1.94. The summed E-state index contributed by atoms with van der Waals surface area (Å²) in [4.78, 5) is 13.1. The van der Waals surface area contributed by atoms with Crippen LogP contribution in [0.2, 0.25) is 0 Å². The van der Waals surface area contributed by atoms with Crippen molar-refractivity contribution in [2.24, 2.45) is 0 Å². The molecule has 0 saturated carbocycles. The van der Waals surface area contributed by atoms with Crippen LogP contribution < -0.4 is 0 Å². The Morgan fingerprint density at radius 3 is 2.55 bits per heavy atom. The number of halogens is 3. The third-order valence-corrected chi connectivity index (χ3v) is 2.73. The van der Waals surface area contributed by atoms with Gasteiger partial charge in [-0.15, -0.1) is 0 Å². The minimum absolute atomic E-state index is 0.0492. The number of alkyl halides is 3. The molecule has 1 fully saturated rings. The molecule has 5 nitrogen and oxygen atoms in total. The number of morpholine rings is 1. The average Bonchev–Trinajstić information content (AvgIpc) is 2.25. The van der Waals surface area contributed by atoms with Gasteiger partial charge < -0.3 is 19.5 Å². The molecule has 1 heterocycles. The smallest absolute Gasteiger partial charge is 0.414 e. The van der Waals surface area contributed by atoms with E-state index in [9.17, 15) is 18.0 Å². The van der Waals surface area contributed by atoms with Gasteiger partial charge in [-0.25, -0.2) is 4.79 Å². The summed E-state index contributed by atoms with van der Waals surface area (Å²) in [5.74, 6) is 0. The Balaban J connectivity index is 2.69. The van der Waals surface area contributed by atoms with Gasteiger partial charge in [-0.05, 0) is 20.8 Å². The van der Waals surface area contributed by atoms with E-state index in [1.807, 2.05) is 0 Å². The fourth-order valence-electron chi connectivity index (χ4n) is 1.80. The van der Waals surface area contributed by atoms with Gasteiger partial charge in [0.15, 0.2) is 6.10 Å². The van der Waals surface area contributed by atoms with Gasteiger partial charge in [0.1, 0.15) is 5.60 Å². The molecule has 20 heavy (non-hydrogen) atoms. The molecule has 8 heteroatoms. The molecule has 0 aliphatic carbocycles. The second-order valence-electron chi connectivity index (χ2n) is 5.70. The minimum Gasteiger partial charge on any atom is -0.444 e. The molecule has 1 saturated heterocycles. The highest BCUT2D eigenvalue weighted by atomic mass is 19.4. The molecule has 0 aromatic heterocycles. The van der Waals surface area contributed by atoms with Gasteiger partial charge in [0.2, 0.25) is 0 Å². The van der Waals surface area contributed by atoms with Crippen LogP contribution in [0.5, 0.6) is 0 Å². The topological polar surface area (TPSA) is 59.0 Å². The molecule has 0 aromatic rings. The molecular weight excluding hydrogens is 279 g/mol. The number of hydrogen-bond acceptors (Lipinski definition) is 4. The van der Waals surface area contributed by atoms with Crippen LogP contribution in [0.15, 0.2) is 0 Å². The highest BCUT2D eigenvalue weighted by Gasteiger charge is 2.42. The highest BCUT2D eigenvalue weighted by Crippen LogP contribution is 2.26. The van der Waals surface area contributed by atoms with Crippen molar-refractivity contribution in [2.75, 3.05) is 19.8 Å². The van der Waals surface area contributed by atoms with Crippen molar-refractivity contribution < 1.29 is 32.5 Å². The number of carbonyl (C=O) groups excluding carboxylic acids is 1. The Hall–Kier alpha value is -1.02. The Kier molecular flexibility index (Phi) is 5.26. The monoisotopic (exact) mass is 299 g/mol. The summed E-state index contributed by atoms with van der Waals surface area (Å²) in [7, 11) is 0. The number of carbonyl (C=O) groups is 1. The summed E-state index contributed by atoms with van der Waals surface area (Å²) >= 11 is 0. The summed E-state index contributed by atoms with van der Waals surface area (Å²) in [6, 6.07) is -0.852. The lowest BCUT2D eigenvalue weighted by atomic mass is 10.1. The van der Waals surface area contributed by atoms with Crippen LogP contribution in [0, 0.1) is 0 Å².